The minimum Gasteiger partial charge on any atom is -0.395 e. The van der Waals surface area contributed by atoms with E-state index in [1.54, 1.807) is 0 Å². The molecule has 0 aliphatic rings. The number of carbonyl (C=O) groups is 1. The largest absolute Gasteiger partial charge is 0.395 e. The summed E-state index contributed by atoms with van der Waals surface area (Å²) in [4.78, 5) is 14.9. The normalized spacial score (nSPS) is 10.8. The molecule has 6 nitrogen and oxygen atoms in total. The van der Waals surface area contributed by atoms with Gasteiger partial charge in [0.1, 0.15) is 11.9 Å². The number of hydrogen-bond acceptors (Lipinski definition) is 4. The van der Waals surface area contributed by atoms with Gasteiger partial charge in [-0.1, -0.05) is 60.7 Å². The SMILES string of the molecule is Cc1c(C#N)c(NC(=O)CN(CCO)CCc2ccccc2)n(Cc2ccccc2)c1C. The maximum absolute atomic E-state index is 12.9. The number of anilines is 1. The average Bonchev–Trinajstić information content (AvgIpc) is 3.02. The number of nitriles is 1. The van der Waals surface area contributed by atoms with E-state index in [0.717, 1.165) is 23.2 Å². The summed E-state index contributed by atoms with van der Waals surface area (Å²) >= 11 is 0. The van der Waals surface area contributed by atoms with Crippen molar-refractivity contribution in [3.63, 3.8) is 0 Å². The summed E-state index contributed by atoms with van der Waals surface area (Å²) in [5.41, 5.74) is 4.60. The summed E-state index contributed by atoms with van der Waals surface area (Å²) in [7, 11) is 0. The zero-order valence-corrected chi connectivity index (χ0v) is 18.7. The molecule has 2 N–H and O–H groups in total. The van der Waals surface area contributed by atoms with Crippen LogP contribution in [0.25, 0.3) is 0 Å². The Kier molecular flexibility index (Phi) is 8.20. The van der Waals surface area contributed by atoms with Gasteiger partial charge in [0, 0.05) is 25.3 Å². The molecule has 0 unspecified atom stereocenters. The first-order chi connectivity index (χ1) is 15.5. The Balaban J connectivity index is 1.75. The van der Waals surface area contributed by atoms with Crippen molar-refractivity contribution in [3.8, 4) is 6.07 Å². The van der Waals surface area contributed by atoms with Gasteiger partial charge < -0.3 is 15.0 Å². The van der Waals surface area contributed by atoms with Gasteiger partial charge in [-0.05, 0) is 37.0 Å². The molecule has 1 heterocycles. The number of nitrogens with zero attached hydrogens (tertiary/aromatic N) is 3. The van der Waals surface area contributed by atoms with Crippen LogP contribution in [0.2, 0.25) is 0 Å². The molecule has 0 aliphatic carbocycles. The van der Waals surface area contributed by atoms with Crippen LogP contribution in [0.1, 0.15) is 27.9 Å². The molecule has 3 aromatic rings. The quantitative estimate of drug-likeness (QED) is 0.516. The number of carbonyl (C=O) groups excluding carboxylic acids is 1. The summed E-state index contributed by atoms with van der Waals surface area (Å²) in [5.74, 6) is 0.332. The summed E-state index contributed by atoms with van der Waals surface area (Å²) in [6.07, 6.45) is 0.792. The second-order valence-electron chi connectivity index (χ2n) is 7.90. The van der Waals surface area contributed by atoms with Gasteiger partial charge in [-0.15, -0.1) is 0 Å². The van der Waals surface area contributed by atoms with E-state index in [4.69, 9.17) is 0 Å². The predicted octanol–water partition coefficient (Wildman–Crippen LogP) is 3.50. The number of hydrogen-bond donors (Lipinski definition) is 2. The molecule has 0 bridgehead atoms. The van der Waals surface area contributed by atoms with Gasteiger partial charge in [0.2, 0.25) is 5.91 Å². The van der Waals surface area contributed by atoms with E-state index in [1.165, 1.54) is 5.56 Å². The van der Waals surface area contributed by atoms with Crippen molar-refractivity contribution in [2.45, 2.75) is 26.8 Å². The maximum atomic E-state index is 12.9. The fourth-order valence-electron chi connectivity index (χ4n) is 3.81. The molecule has 166 valence electrons. The highest BCUT2D eigenvalue weighted by Crippen LogP contribution is 2.27. The number of aliphatic hydroxyl groups excluding tert-OH is 1. The van der Waals surface area contributed by atoms with Crippen LogP contribution in [0, 0.1) is 25.2 Å². The summed E-state index contributed by atoms with van der Waals surface area (Å²) in [5, 5.41) is 22.2. The lowest BCUT2D eigenvalue weighted by atomic mass is 10.1. The van der Waals surface area contributed by atoms with Gasteiger partial charge in [0.05, 0.1) is 18.7 Å². The molecule has 2 aromatic carbocycles. The first kappa shape index (κ1) is 23.3. The minimum atomic E-state index is -0.199. The fourth-order valence-corrected chi connectivity index (χ4v) is 3.81. The highest BCUT2D eigenvalue weighted by Gasteiger charge is 2.21. The zero-order valence-electron chi connectivity index (χ0n) is 18.7. The smallest absolute Gasteiger partial charge is 0.239 e. The Morgan fingerprint density at radius 1 is 1.03 bits per heavy atom. The van der Waals surface area contributed by atoms with Gasteiger partial charge in [-0.3, -0.25) is 9.69 Å². The average molecular weight is 431 g/mol. The van der Waals surface area contributed by atoms with E-state index in [9.17, 15) is 15.2 Å². The van der Waals surface area contributed by atoms with Crippen molar-refractivity contribution in [1.29, 1.82) is 5.26 Å². The van der Waals surface area contributed by atoms with Crippen molar-refractivity contribution in [2.75, 3.05) is 31.6 Å². The Morgan fingerprint density at radius 2 is 1.66 bits per heavy atom. The van der Waals surface area contributed by atoms with E-state index in [1.807, 2.05) is 71.8 Å². The standard InChI is InChI=1S/C26H30N4O2/c1-20-21(2)30(18-23-11-7-4-8-12-23)26(24(20)17-27)28-25(32)19-29(15-16-31)14-13-22-9-5-3-6-10-22/h3-12,31H,13-16,18-19H2,1-2H3,(H,28,32). The van der Waals surface area contributed by atoms with Crippen LogP contribution in [0.5, 0.6) is 0 Å². The van der Waals surface area contributed by atoms with Crippen molar-refractivity contribution >= 4 is 11.7 Å². The lowest BCUT2D eigenvalue weighted by molar-refractivity contribution is -0.117. The van der Waals surface area contributed by atoms with Crippen LogP contribution in [0.3, 0.4) is 0 Å². The number of nitrogens with one attached hydrogen (secondary N) is 1. The van der Waals surface area contributed by atoms with E-state index < -0.39 is 0 Å². The molecule has 1 aromatic heterocycles. The monoisotopic (exact) mass is 430 g/mol. The minimum absolute atomic E-state index is 0.0197. The highest BCUT2D eigenvalue weighted by atomic mass is 16.3. The lowest BCUT2D eigenvalue weighted by Crippen LogP contribution is -2.37. The van der Waals surface area contributed by atoms with Crippen molar-refractivity contribution < 1.29 is 9.90 Å². The van der Waals surface area contributed by atoms with Crippen molar-refractivity contribution in [1.82, 2.24) is 9.47 Å². The number of aromatic nitrogens is 1. The Labute approximate surface area is 189 Å². The Hall–Kier alpha value is -3.40. The first-order valence-electron chi connectivity index (χ1n) is 10.8. The third-order valence-electron chi connectivity index (χ3n) is 5.73. The number of benzene rings is 2. The predicted molar refractivity (Wildman–Crippen MR) is 126 cm³/mol. The van der Waals surface area contributed by atoms with Gasteiger partial charge in [0.15, 0.2) is 0 Å². The number of amides is 1. The molecule has 0 radical (unpaired) electrons. The second kappa shape index (κ2) is 11.3. The number of aliphatic hydroxyl groups is 1. The molecule has 0 atom stereocenters. The van der Waals surface area contributed by atoms with Crippen LogP contribution in [0.15, 0.2) is 60.7 Å². The molecule has 0 aliphatic heterocycles. The van der Waals surface area contributed by atoms with Gasteiger partial charge in [-0.2, -0.15) is 5.26 Å². The molecular weight excluding hydrogens is 400 g/mol. The van der Waals surface area contributed by atoms with E-state index in [-0.39, 0.29) is 19.1 Å². The summed E-state index contributed by atoms with van der Waals surface area (Å²) in [6.45, 7) is 5.64. The summed E-state index contributed by atoms with van der Waals surface area (Å²) < 4.78 is 1.99. The van der Waals surface area contributed by atoms with Gasteiger partial charge in [-0.25, -0.2) is 0 Å². The molecule has 32 heavy (non-hydrogen) atoms. The Bertz CT molecular complexity index is 1070. The maximum Gasteiger partial charge on any atom is 0.239 e. The van der Waals surface area contributed by atoms with Crippen LogP contribution >= 0.6 is 0 Å². The zero-order chi connectivity index (χ0) is 22.9. The second-order valence-corrected chi connectivity index (χ2v) is 7.90. The van der Waals surface area contributed by atoms with Crippen LogP contribution < -0.4 is 5.32 Å². The Morgan fingerprint density at radius 3 is 2.25 bits per heavy atom. The molecule has 1 amide bonds. The lowest BCUT2D eigenvalue weighted by Gasteiger charge is -2.21. The summed E-state index contributed by atoms with van der Waals surface area (Å²) in [6, 6.07) is 22.3. The molecule has 0 saturated carbocycles. The van der Waals surface area contributed by atoms with Gasteiger partial charge in [0.25, 0.3) is 0 Å². The topological polar surface area (TPSA) is 81.3 Å². The van der Waals surface area contributed by atoms with E-state index in [0.29, 0.717) is 31.0 Å². The molecule has 0 spiro atoms. The van der Waals surface area contributed by atoms with E-state index >= 15 is 0 Å². The van der Waals surface area contributed by atoms with Crippen LogP contribution in [-0.4, -0.2) is 46.7 Å². The highest BCUT2D eigenvalue weighted by molar-refractivity contribution is 5.93. The fraction of sp³-hybridized carbons (Fsp3) is 0.308. The molecule has 3 rings (SSSR count). The third kappa shape index (κ3) is 5.85. The first-order valence-corrected chi connectivity index (χ1v) is 10.8. The van der Waals surface area contributed by atoms with Crippen LogP contribution in [-0.2, 0) is 17.8 Å². The van der Waals surface area contributed by atoms with Crippen LogP contribution in [0.4, 0.5) is 5.82 Å². The van der Waals surface area contributed by atoms with E-state index in [2.05, 4.69) is 23.5 Å². The third-order valence-corrected chi connectivity index (χ3v) is 5.73. The molecule has 0 saturated heterocycles. The molecule has 0 fully saturated rings. The molecule has 6 heteroatoms. The van der Waals surface area contributed by atoms with Crippen molar-refractivity contribution in [3.05, 3.63) is 88.6 Å². The van der Waals surface area contributed by atoms with Crippen molar-refractivity contribution in [2.24, 2.45) is 0 Å². The number of rotatable bonds is 10. The van der Waals surface area contributed by atoms with Gasteiger partial charge >= 0.3 is 0 Å². The molecular formula is C26H30N4O2.